The number of pyridine rings is 1. The highest BCUT2D eigenvalue weighted by Crippen LogP contribution is 2.43. The smallest absolute Gasteiger partial charge is 0.234 e. The summed E-state index contributed by atoms with van der Waals surface area (Å²) in [4.78, 5) is 14.7. The molecule has 5 heterocycles. The van der Waals surface area contributed by atoms with Gasteiger partial charge in [-0.05, 0) is 32.3 Å². The summed E-state index contributed by atoms with van der Waals surface area (Å²) in [7, 11) is 0. The Morgan fingerprint density at radius 2 is 2.22 bits per heavy atom. The molecule has 136 valence electrons. The largest absolute Gasteiger partial charge is 0.611 e. The number of fused-ring (bicyclic) bond motifs is 2. The van der Waals surface area contributed by atoms with E-state index in [-0.39, 0.29) is 5.25 Å². The van der Waals surface area contributed by atoms with Gasteiger partial charge >= 0.3 is 0 Å². The number of imidazole rings is 1. The number of rotatable bonds is 3. The summed E-state index contributed by atoms with van der Waals surface area (Å²) in [5.41, 5.74) is 2.79. The van der Waals surface area contributed by atoms with Gasteiger partial charge in [-0.1, -0.05) is 11.3 Å². The third kappa shape index (κ3) is 2.25. The van der Waals surface area contributed by atoms with E-state index in [0.29, 0.717) is 0 Å². The van der Waals surface area contributed by atoms with E-state index < -0.39 is 11.2 Å². The molecule has 1 aliphatic rings. The van der Waals surface area contributed by atoms with E-state index in [2.05, 4.69) is 21.1 Å². The summed E-state index contributed by atoms with van der Waals surface area (Å²) >= 11 is 2.12. The molecule has 1 aliphatic carbocycles. The molecule has 0 spiro atoms. The molecule has 1 N–H and O–H groups in total. The molecule has 1 fully saturated rings. The molecular weight excluding hydrogens is 398 g/mol. The second kappa shape index (κ2) is 5.78. The van der Waals surface area contributed by atoms with Crippen molar-refractivity contribution in [3.8, 4) is 10.7 Å². The van der Waals surface area contributed by atoms with Crippen molar-refractivity contribution in [1.29, 1.82) is 0 Å². The van der Waals surface area contributed by atoms with E-state index in [1.54, 1.807) is 28.9 Å². The standard InChI is InChI=1S/C18H15N5OS3/c1-9-20-8-13-11-7-12(16-19-5-6-25-16)21-17-14(11)15(22-23(9)13)18(26-17)27(24)10-3-2-4-10/h5-8,10,22H,2-4H2,1H3. The maximum Gasteiger partial charge on any atom is 0.234 e. The monoisotopic (exact) mass is 413 g/mol. The van der Waals surface area contributed by atoms with E-state index in [9.17, 15) is 4.55 Å². The minimum Gasteiger partial charge on any atom is -0.611 e. The summed E-state index contributed by atoms with van der Waals surface area (Å²) in [6.07, 6.45) is 6.93. The fourth-order valence-electron chi connectivity index (χ4n) is 3.61. The molecule has 9 heteroatoms. The lowest BCUT2D eigenvalue weighted by Gasteiger charge is -2.26. The maximum absolute atomic E-state index is 13.2. The average Bonchev–Trinajstić information content (AvgIpc) is 3.34. The summed E-state index contributed by atoms with van der Waals surface area (Å²) < 4.78 is 16.1. The number of aromatic amines is 1. The number of hydrogen-bond acceptors (Lipinski definition) is 6. The van der Waals surface area contributed by atoms with Gasteiger partial charge in [0.05, 0.1) is 17.1 Å². The zero-order valence-electron chi connectivity index (χ0n) is 14.4. The van der Waals surface area contributed by atoms with Crippen LogP contribution in [0.1, 0.15) is 25.1 Å². The Morgan fingerprint density at radius 1 is 1.33 bits per heavy atom. The van der Waals surface area contributed by atoms with Crippen molar-refractivity contribution in [3.63, 3.8) is 0 Å². The van der Waals surface area contributed by atoms with Crippen LogP contribution in [0, 0.1) is 6.92 Å². The maximum atomic E-state index is 13.2. The predicted molar refractivity (Wildman–Crippen MR) is 110 cm³/mol. The first-order chi connectivity index (χ1) is 13.2. The lowest BCUT2D eigenvalue weighted by Crippen LogP contribution is -2.28. The number of thiazole rings is 1. The van der Waals surface area contributed by atoms with Gasteiger partial charge in [-0.2, -0.15) is 0 Å². The number of aromatic nitrogens is 5. The molecule has 0 radical (unpaired) electrons. The number of H-pyrrole nitrogens is 1. The zero-order valence-corrected chi connectivity index (χ0v) is 16.9. The van der Waals surface area contributed by atoms with Crippen molar-refractivity contribution in [1.82, 2.24) is 24.6 Å². The van der Waals surface area contributed by atoms with Gasteiger partial charge in [-0.25, -0.2) is 19.5 Å². The minimum atomic E-state index is -1.01. The van der Waals surface area contributed by atoms with Crippen LogP contribution in [-0.4, -0.2) is 34.4 Å². The highest BCUT2D eigenvalue weighted by atomic mass is 32.2. The van der Waals surface area contributed by atoms with Crippen LogP contribution in [-0.2, 0) is 11.2 Å². The molecule has 5 aromatic heterocycles. The lowest BCUT2D eigenvalue weighted by molar-refractivity contribution is 0.478. The number of thiophene rings is 1. The van der Waals surface area contributed by atoms with Crippen molar-refractivity contribution in [2.24, 2.45) is 0 Å². The Bertz CT molecular complexity index is 1300. The van der Waals surface area contributed by atoms with Gasteiger partial charge in [0, 0.05) is 28.1 Å². The molecule has 1 saturated carbocycles. The van der Waals surface area contributed by atoms with Crippen LogP contribution in [0.15, 0.2) is 28.0 Å². The SMILES string of the molecule is Cc1ncc2c3cc(-c4nccs4)nc4sc([S+]([O-])C5CCC5)c([nH]n12)c43. The highest BCUT2D eigenvalue weighted by molar-refractivity contribution is 7.94. The number of nitrogens with zero attached hydrogens (tertiary/aromatic N) is 4. The fourth-order valence-corrected chi connectivity index (χ4v) is 7.47. The topological polar surface area (TPSA) is 81.9 Å². The van der Waals surface area contributed by atoms with E-state index in [1.807, 2.05) is 23.0 Å². The van der Waals surface area contributed by atoms with Crippen LogP contribution in [0.5, 0.6) is 0 Å². The van der Waals surface area contributed by atoms with Crippen LogP contribution < -0.4 is 0 Å². The van der Waals surface area contributed by atoms with Crippen LogP contribution in [0.3, 0.4) is 0 Å². The lowest BCUT2D eigenvalue weighted by atomic mass is 10.0. The molecule has 1 atom stereocenters. The van der Waals surface area contributed by atoms with Gasteiger partial charge in [-0.15, -0.1) is 11.3 Å². The zero-order chi connectivity index (χ0) is 18.1. The van der Waals surface area contributed by atoms with E-state index in [0.717, 1.165) is 60.2 Å². The van der Waals surface area contributed by atoms with Gasteiger partial charge < -0.3 is 4.55 Å². The predicted octanol–water partition coefficient (Wildman–Crippen LogP) is 4.52. The first-order valence-electron chi connectivity index (χ1n) is 8.80. The third-order valence-corrected chi connectivity index (χ3v) is 9.32. The Kier molecular flexibility index (Phi) is 3.44. The van der Waals surface area contributed by atoms with Gasteiger partial charge in [0.25, 0.3) is 0 Å². The van der Waals surface area contributed by atoms with E-state index in [1.165, 1.54) is 6.42 Å². The van der Waals surface area contributed by atoms with Crippen LogP contribution >= 0.6 is 22.7 Å². The van der Waals surface area contributed by atoms with Crippen molar-refractivity contribution in [2.45, 2.75) is 35.6 Å². The molecule has 27 heavy (non-hydrogen) atoms. The Hall–Kier alpha value is -1.94. The second-order valence-corrected chi connectivity index (χ2v) is 10.6. The minimum absolute atomic E-state index is 0.267. The average molecular weight is 414 g/mol. The second-order valence-electron chi connectivity index (χ2n) is 6.83. The van der Waals surface area contributed by atoms with E-state index in [4.69, 9.17) is 4.98 Å². The fraction of sp³-hybridized carbons (Fsp3) is 0.278. The Balaban J connectivity index is 1.72. The summed E-state index contributed by atoms with van der Waals surface area (Å²) in [5.74, 6) is 0.878. The van der Waals surface area contributed by atoms with E-state index >= 15 is 0 Å². The van der Waals surface area contributed by atoms with Crippen molar-refractivity contribution < 1.29 is 4.55 Å². The third-order valence-electron chi connectivity index (χ3n) is 5.26. The molecular formula is C18H15N5OS3. The molecule has 0 amide bonds. The highest BCUT2D eigenvalue weighted by Gasteiger charge is 2.35. The van der Waals surface area contributed by atoms with Crippen molar-refractivity contribution >= 4 is 60.5 Å². The molecule has 0 aromatic carbocycles. The molecule has 0 saturated heterocycles. The Morgan fingerprint density at radius 3 is 2.96 bits per heavy atom. The molecule has 0 bridgehead atoms. The first kappa shape index (κ1) is 16.1. The van der Waals surface area contributed by atoms with Crippen molar-refractivity contribution in [3.05, 3.63) is 29.7 Å². The number of nitrogens with one attached hydrogen (secondary N) is 1. The molecule has 0 aliphatic heterocycles. The molecule has 6 rings (SSSR count). The van der Waals surface area contributed by atoms with Gasteiger partial charge in [0.1, 0.15) is 32.1 Å². The Labute approximate surface area is 165 Å². The van der Waals surface area contributed by atoms with Gasteiger partial charge in [0.2, 0.25) is 4.21 Å². The number of hydrogen-bond donors (Lipinski definition) is 1. The number of aryl methyl sites for hydroxylation is 1. The first-order valence-corrected chi connectivity index (χ1v) is 11.7. The van der Waals surface area contributed by atoms with Crippen LogP contribution in [0.4, 0.5) is 0 Å². The van der Waals surface area contributed by atoms with Crippen LogP contribution in [0.2, 0.25) is 0 Å². The summed E-state index contributed by atoms with van der Waals surface area (Å²) in [6.45, 7) is 1.97. The molecule has 5 aromatic rings. The summed E-state index contributed by atoms with van der Waals surface area (Å²) in [6, 6.07) is 2.08. The van der Waals surface area contributed by atoms with Crippen molar-refractivity contribution in [2.75, 3.05) is 0 Å². The normalized spacial score (nSPS) is 16.5. The van der Waals surface area contributed by atoms with Gasteiger partial charge in [-0.3, -0.25) is 5.10 Å². The molecule has 1 unspecified atom stereocenters. The quantitative estimate of drug-likeness (QED) is 0.441. The van der Waals surface area contributed by atoms with Gasteiger partial charge in [0.15, 0.2) is 0 Å². The van der Waals surface area contributed by atoms with Crippen LogP contribution in [0.25, 0.3) is 37.3 Å². The molecule has 6 nitrogen and oxygen atoms in total. The summed E-state index contributed by atoms with van der Waals surface area (Å²) in [5, 5.41) is 8.71.